The predicted octanol–water partition coefficient (Wildman–Crippen LogP) is 13.0. The minimum absolute atomic E-state index is 0.0525. The maximum atomic E-state index is 12.6. The zero-order chi connectivity index (χ0) is 41.1. The quantitative estimate of drug-likeness (QED) is 0.0238. The number of allylic oxidation sites excluding steroid dienone is 4. The largest absolute Gasteiger partial charge is 0.472 e. The van der Waals surface area contributed by atoms with Crippen LogP contribution in [0.4, 0.5) is 0 Å². The summed E-state index contributed by atoms with van der Waals surface area (Å²) < 4.78 is 33.4. The van der Waals surface area contributed by atoms with Crippen LogP contribution in [-0.2, 0) is 27.9 Å². The first-order valence-electron chi connectivity index (χ1n) is 23.3. The van der Waals surface area contributed by atoms with Crippen molar-refractivity contribution < 1.29 is 43.0 Å². The van der Waals surface area contributed by atoms with Crippen molar-refractivity contribution in [3.63, 3.8) is 0 Å². The van der Waals surface area contributed by atoms with E-state index in [4.69, 9.17) is 23.6 Å². The topological polar surface area (TPSA) is 132 Å². The molecule has 0 saturated carbocycles. The second-order valence-electron chi connectivity index (χ2n) is 15.8. The van der Waals surface area contributed by atoms with Crippen molar-refractivity contribution >= 4 is 13.8 Å². The molecule has 0 aromatic heterocycles. The van der Waals surface area contributed by atoms with E-state index in [9.17, 15) is 19.4 Å². The van der Waals surface area contributed by atoms with Gasteiger partial charge in [-0.15, -0.1) is 0 Å². The molecular weight excluding hydrogens is 727 g/mol. The van der Waals surface area contributed by atoms with Crippen LogP contribution in [0.15, 0.2) is 24.3 Å². The number of phosphoric acid groups is 1. The van der Waals surface area contributed by atoms with Crippen LogP contribution >= 0.6 is 7.82 Å². The summed E-state index contributed by atoms with van der Waals surface area (Å²) in [6.07, 6.45) is 45.7. The van der Waals surface area contributed by atoms with Gasteiger partial charge in [0.15, 0.2) is 0 Å². The average Bonchev–Trinajstić information content (AvgIpc) is 3.19. The number of phosphoric ester groups is 1. The van der Waals surface area contributed by atoms with Crippen molar-refractivity contribution in [2.24, 2.45) is 0 Å². The molecule has 0 aromatic carbocycles. The molecule has 0 heterocycles. The number of aliphatic hydroxyl groups is 2. The van der Waals surface area contributed by atoms with Gasteiger partial charge in [-0.25, -0.2) is 4.57 Å². The number of hydrogen-bond donors (Lipinski definition) is 3. The van der Waals surface area contributed by atoms with E-state index in [0.29, 0.717) is 6.61 Å². The summed E-state index contributed by atoms with van der Waals surface area (Å²) in [6.45, 7) is 3.53. The Morgan fingerprint density at radius 2 is 0.964 bits per heavy atom. The Kier molecular flexibility index (Phi) is 42.7. The Labute approximate surface area is 344 Å². The number of ether oxygens (including phenoxy) is 2. The van der Waals surface area contributed by atoms with Crippen molar-refractivity contribution in [1.82, 2.24) is 0 Å². The van der Waals surface area contributed by atoms with Crippen molar-refractivity contribution in [3.8, 4) is 0 Å². The number of rotatable bonds is 45. The summed E-state index contributed by atoms with van der Waals surface area (Å²) in [7, 11) is -4.51. The van der Waals surface area contributed by atoms with Crippen LogP contribution < -0.4 is 0 Å². The molecule has 0 radical (unpaired) electrons. The Balaban J connectivity index is 4.00. The Bertz CT molecular complexity index is 928. The minimum Gasteiger partial charge on any atom is -0.457 e. The van der Waals surface area contributed by atoms with E-state index in [1.165, 1.54) is 154 Å². The van der Waals surface area contributed by atoms with Crippen LogP contribution in [0.1, 0.15) is 219 Å². The number of carbonyl (C=O) groups is 1. The highest BCUT2D eigenvalue weighted by Crippen LogP contribution is 2.43. The van der Waals surface area contributed by atoms with Gasteiger partial charge in [0.05, 0.1) is 26.4 Å². The minimum atomic E-state index is -4.51. The number of hydrogen-bond acceptors (Lipinski definition) is 8. The van der Waals surface area contributed by atoms with Gasteiger partial charge in [-0.05, 0) is 44.9 Å². The van der Waals surface area contributed by atoms with E-state index in [1.54, 1.807) is 0 Å². The van der Waals surface area contributed by atoms with E-state index in [2.05, 4.69) is 38.2 Å². The normalized spacial score (nSPS) is 14.2. The lowest BCUT2D eigenvalue weighted by Crippen LogP contribution is -2.29. The molecule has 0 aliphatic carbocycles. The van der Waals surface area contributed by atoms with Gasteiger partial charge >= 0.3 is 13.8 Å². The van der Waals surface area contributed by atoms with Gasteiger partial charge in [-0.3, -0.25) is 13.8 Å². The summed E-state index contributed by atoms with van der Waals surface area (Å²) in [5.74, 6) is -0.382. The summed E-state index contributed by atoms with van der Waals surface area (Å²) in [4.78, 5) is 22.5. The smallest absolute Gasteiger partial charge is 0.457 e. The van der Waals surface area contributed by atoms with E-state index < -0.39 is 33.2 Å². The Morgan fingerprint density at radius 1 is 0.554 bits per heavy atom. The van der Waals surface area contributed by atoms with Crippen LogP contribution in [0, 0.1) is 0 Å². The Hall–Kier alpha value is -1.06. The molecule has 0 bridgehead atoms. The molecule has 0 spiro atoms. The molecule has 332 valence electrons. The van der Waals surface area contributed by atoms with Gasteiger partial charge in [0.1, 0.15) is 12.2 Å². The van der Waals surface area contributed by atoms with Crippen LogP contribution in [0.2, 0.25) is 0 Å². The standard InChI is InChI=1S/C46H89O9P/c1-3-5-7-9-11-13-15-16-17-18-19-20-21-22-23-24-25-26-27-29-31-33-35-37-39-52-42-45(43-54-56(50,51)53-41-44(48)40-47)55-46(49)38-36-34-32-30-28-14-12-10-8-6-4-2/h15-16,18-19,44-45,47-48H,3-14,17,20-43H2,1-2H3,(H,50,51)/b16-15-,19-18-. The second kappa shape index (κ2) is 43.5. The summed E-state index contributed by atoms with van der Waals surface area (Å²) in [6, 6.07) is 0. The summed E-state index contributed by atoms with van der Waals surface area (Å²) in [5, 5.41) is 18.3. The monoisotopic (exact) mass is 817 g/mol. The highest BCUT2D eigenvalue weighted by atomic mass is 31.2. The van der Waals surface area contributed by atoms with Gasteiger partial charge in [-0.2, -0.15) is 0 Å². The molecule has 0 saturated heterocycles. The number of unbranched alkanes of at least 4 members (excludes halogenated alkanes) is 27. The number of esters is 1. The van der Waals surface area contributed by atoms with E-state index in [0.717, 1.165) is 44.9 Å². The lowest BCUT2D eigenvalue weighted by molar-refractivity contribution is -0.154. The maximum Gasteiger partial charge on any atom is 0.472 e. The van der Waals surface area contributed by atoms with E-state index >= 15 is 0 Å². The summed E-state index contributed by atoms with van der Waals surface area (Å²) in [5.41, 5.74) is 0. The zero-order valence-electron chi connectivity index (χ0n) is 36.4. The molecule has 9 nitrogen and oxygen atoms in total. The lowest BCUT2D eigenvalue weighted by Gasteiger charge is -2.20. The number of aliphatic hydroxyl groups excluding tert-OH is 2. The lowest BCUT2D eigenvalue weighted by atomic mass is 10.0. The number of carbonyl (C=O) groups excluding carboxylic acids is 1. The predicted molar refractivity (Wildman–Crippen MR) is 233 cm³/mol. The van der Waals surface area contributed by atoms with Crippen LogP contribution in [-0.4, -0.2) is 66.3 Å². The van der Waals surface area contributed by atoms with Gasteiger partial charge in [0.25, 0.3) is 0 Å². The molecule has 0 amide bonds. The van der Waals surface area contributed by atoms with Crippen LogP contribution in [0.3, 0.4) is 0 Å². The molecule has 10 heteroatoms. The SMILES string of the molecule is CCCCCCC/C=C\C/C=C\CCCCCCCCCCCCCCOCC(COP(=O)(O)OCC(O)CO)OC(=O)CCCCCCCCCCCCC. The zero-order valence-corrected chi connectivity index (χ0v) is 37.3. The fraction of sp³-hybridized carbons (Fsp3) is 0.891. The van der Waals surface area contributed by atoms with Crippen LogP contribution in [0.25, 0.3) is 0 Å². The first-order chi connectivity index (χ1) is 27.3. The third-order valence-electron chi connectivity index (χ3n) is 10.1. The molecule has 0 aliphatic heterocycles. The Morgan fingerprint density at radius 3 is 1.43 bits per heavy atom. The second-order valence-corrected chi connectivity index (χ2v) is 17.2. The first-order valence-corrected chi connectivity index (χ1v) is 24.8. The van der Waals surface area contributed by atoms with E-state index in [1.807, 2.05) is 0 Å². The first kappa shape index (κ1) is 54.9. The summed E-state index contributed by atoms with van der Waals surface area (Å²) >= 11 is 0. The highest BCUT2D eigenvalue weighted by molar-refractivity contribution is 7.47. The van der Waals surface area contributed by atoms with Crippen LogP contribution in [0.5, 0.6) is 0 Å². The van der Waals surface area contributed by atoms with Gasteiger partial charge < -0.3 is 24.6 Å². The third-order valence-corrected chi connectivity index (χ3v) is 11.1. The molecule has 0 fully saturated rings. The molecule has 3 atom stereocenters. The van der Waals surface area contributed by atoms with E-state index in [-0.39, 0.29) is 25.6 Å². The highest BCUT2D eigenvalue weighted by Gasteiger charge is 2.26. The fourth-order valence-corrected chi connectivity index (χ4v) is 7.35. The van der Waals surface area contributed by atoms with Gasteiger partial charge in [-0.1, -0.05) is 192 Å². The molecule has 0 aliphatic rings. The molecule has 0 aromatic rings. The molecular formula is C46H89O9P. The van der Waals surface area contributed by atoms with Crippen molar-refractivity contribution in [3.05, 3.63) is 24.3 Å². The molecule has 3 N–H and O–H groups in total. The van der Waals surface area contributed by atoms with Crippen molar-refractivity contribution in [2.75, 3.05) is 33.0 Å². The fourth-order valence-electron chi connectivity index (χ4n) is 6.56. The average molecular weight is 817 g/mol. The van der Waals surface area contributed by atoms with Gasteiger partial charge in [0, 0.05) is 13.0 Å². The van der Waals surface area contributed by atoms with Crippen molar-refractivity contribution in [2.45, 2.75) is 232 Å². The molecule has 0 rings (SSSR count). The maximum absolute atomic E-state index is 12.6. The molecule has 3 unspecified atom stereocenters. The van der Waals surface area contributed by atoms with Gasteiger partial charge in [0.2, 0.25) is 0 Å². The van der Waals surface area contributed by atoms with Crippen molar-refractivity contribution in [1.29, 1.82) is 0 Å². The molecule has 56 heavy (non-hydrogen) atoms. The third kappa shape index (κ3) is 42.5.